The van der Waals surface area contributed by atoms with Gasteiger partial charge < -0.3 is 20.3 Å². The molecule has 11 heteroatoms. The molecule has 152 valence electrons. The van der Waals surface area contributed by atoms with Crippen LogP contribution in [0, 0.1) is 0 Å². The van der Waals surface area contributed by atoms with E-state index in [1.807, 2.05) is 11.8 Å². The highest BCUT2D eigenvalue weighted by Gasteiger charge is 2.26. The van der Waals surface area contributed by atoms with Crippen molar-refractivity contribution in [2.45, 2.75) is 26.0 Å². The van der Waals surface area contributed by atoms with Crippen LogP contribution in [0.1, 0.15) is 13.3 Å². The van der Waals surface area contributed by atoms with Crippen LogP contribution in [0.25, 0.3) is 0 Å². The molecule has 0 spiro atoms. The van der Waals surface area contributed by atoms with Gasteiger partial charge in [-0.1, -0.05) is 12.1 Å². The van der Waals surface area contributed by atoms with Crippen molar-refractivity contribution in [2.24, 2.45) is 10.1 Å². The van der Waals surface area contributed by atoms with Crippen LogP contribution < -0.4 is 25.4 Å². The van der Waals surface area contributed by atoms with Crippen molar-refractivity contribution in [3.8, 4) is 5.75 Å². The zero-order valence-electron chi connectivity index (χ0n) is 15.1. The van der Waals surface area contributed by atoms with Crippen LogP contribution in [0.5, 0.6) is 5.75 Å². The molecule has 1 atom stereocenters. The smallest absolute Gasteiger partial charge is 0.387 e. The Morgan fingerprint density at radius 1 is 1.44 bits per heavy atom. The maximum atomic E-state index is 12.6. The van der Waals surface area contributed by atoms with Gasteiger partial charge in [0, 0.05) is 25.7 Å². The molecule has 0 radical (unpaired) electrons. The van der Waals surface area contributed by atoms with E-state index in [2.05, 4.69) is 20.4 Å². The monoisotopic (exact) mass is 405 g/mol. The van der Waals surface area contributed by atoms with E-state index < -0.39 is 16.6 Å². The minimum Gasteiger partial charge on any atom is -0.433 e. The van der Waals surface area contributed by atoms with Crippen LogP contribution in [0.3, 0.4) is 0 Å². The van der Waals surface area contributed by atoms with Gasteiger partial charge in [0.25, 0.3) is 0 Å². The van der Waals surface area contributed by atoms with Crippen molar-refractivity contribution in [1.29, 1.82) is 0 Å². The van der Waals surface area contributed by atoms with Gasteiger partial charge in [-0.3, -0.25) is 4.99 Å². The number of rotatable bonds is 8. The fourth-order valence-corrected chi connectivity index (χ4v) is 3.15. The van der Waals surface area contributed by atoms with Crippen LogP contribution in [0.2, 0.25) is 0 Å². The molecule has 1 fully saturated rings. The number of sulfonamides is 1. The summed E-state index contributed by atoms with van der Waals surface area (Å²) in [6.07, 6.45) is 0.766. The Morgan fingerprint density at radius 2 is 2.19 bits per heavy atom. The first-order chi connectivity index (χ1) is 12.8. The molecule has 8 nitrogen and oxygen atoms in total. The third kappa shape index (κ3) is 7.18. The van der Waals surface area contributed by atoms with Gasteiger partial charge in [-0.2, -0.15) is 8.78 Å². The molecule has 1 saturated heterocycles. The molecule has 2 rings (SSSR count). The average molecular weight is 405 g/mol. The van der Waals surface area contributed by atoms with Crippen LogP contribution in [0.15, 0.2) is 29.3 Å². The van der Waals surface area contributed by atoms with E-state index in [-0.39, 0.29) is 24.1 Å². The summed E-state index contributed by atoms with van der Waals surface area (Å²) in [5, 5.41) is 11.3. The van der Waals surface area contributed by atoms with Crippen LogP contribution in [0.4, 0.5) is 14.5 Å². The first kappa shape index (κ1) is 21.2. The number of nitrogens with two attached hydrogens (primary N) is 1. The molecule has 0 bridgehead atoms. The maximum Gasteiger partial charge on any atom is 0.387 e. The fraction of sp³-hybridized carbons (Fsp3) is 0.562. The minimum absolute atomic E-state index is 0.0249. The van der Waals surface area contributed by atoms with Crippen molar-refractivity contribution < 1.29 is 21.9 Å². The Kier molecular flexibility index (Phi) is 7.60. The first-order valence-electron chi connectivity index (χ1n) is 8.62. The first-order valence-corrected chi connectivity index (χ1v) is 10.3. The number of aliphatic imine (C=N–C) groups is 1. The Bertz CT molecular complexity index is 745. The minimum atomic E-state index is -3.57. The molecule has 0 aromatic heterocycles. The third-order valence-electron chi connectivity index (χ3n) is 3.94. The lowest BCUT2D eigenvalue weighted by atomic mass is 10.2. The number of para-hydroxylation sites is 2. The summed E-state index contributed by atoms with van der Waals surface area (Å²) in [5.74, 6) is 0.394. The molecular weight excluding hydrogens is 380 g/mol. The number of nitrogens with zero attached hydrogens (tertiary/aromatic N) is 2. The normalized spacial score (nSPS) is 18.0. The summed E-state index contributed by atoms with van der Waals surface area (Å²) in [5.41, 5.74) is 0.610. The second-order valence-electron chi connectivity index (χ2n) is 6.05. The summed E-state index contributed by atoms with van der Waals surface area (Å²) in [7, 11) is -3.57. The standard InChI is InChI=1S/C16H25F2N5O3S/c1-2-20-16(21-8-10-27(19,24)25)22-12-7-9-23(11-12)13-5-3-4-6-14(13)26-15(17)18/h3-6,12,15H,2,7-11H2,1H3,(H2,19,24,25)(H2,20,21,22). The highest BCUT2D eigenvalue weighted by atomic mass is 32.2. The summed E-state index contributed by atoms with van der Waals surface area (Å²) in [4.78, 5) is 6.17. The predicted molar refractivity (Wildman–Crippen MR) is 101 cm³/mol. The summed E-state index contributed by atoms with van der Waals surface area (Å²) < 4.78 is 51.8. The zero-order valence-corrected chi connectivity index (χ0v) is 15.9. The van der Waals surface area contributed by atoms with E-state index in [0.717, 1.165) is 6.42 Å². The molecule has 1 unspecified atom stereocenters. The molecule has 0 aliphatic carbocycles. The van der Waals surface area contributed by atoms with Gasteiger partial charge in [0.15, 0.2) is 5.96 Å². The van der Waals surface area contributed by atoms with Crippen LogP contribution >= 0.6 is 0 Å². The Hall–Kier alpha value is -2.14. The molecule has 1 aliphatic rings. The third-order valence-corrected chi connectivity index (χ3v) is 4.69. The van der Waals surface area contributed by atoms with Crippen molar-refractivity contribution in [2.75, 3.05) is 36.8 Å². The molecule has 0 amide bonds. The molecule has 1 aromatic rings. The van der Waals surface area contributed by atoms with Gasteiger partial charge in [0.2, 0.25) is 10.0 Å². The number of primary sulfonamides is 1. The van der Waals surface area contributed by atoms with Crippen molar-refractivity contribution in [3.05, 3.63) is 24.3 Å². The highest BCUT2D eigenvalue weighted by Crippen LogP contribution is 2.31. The number of nitrogens with one attached hydrogen (secondary N) is 2. The fourth-order valence-electron chi connectivity index (χ4n) is 2.81. The Balaban J connectivity index is 1.99. The van der Waals surface area contributed by atoms with Gasteiger partial charge >= 0.3 is 6.61 Å². The zero-order chi connectivity index (χ0) is 19.9. The largest absolute Gasteiger partial charge is 0.433 e. The Morgan fingerprint density at radius 3 is 2.85 bits per heavy atom. The number of hydrogen-bond acceptors (Lipinski definition) is 5. The quantitative estimate of drug-likeness (QED) is 0.434. The molecule has 27 heavy (non-hydrogen) atoms. The van der Waals surface area contributed by atoms with E-state index in [0.29, 0.717) is 31.3 Å². The maximum absolute atomic E-state index is 12.6. The lowest BCUT2D eigenvalue weighted by molar-refractivity contribution is -0.0495. The highest BCUT2D eigenvalue weighted by molar-refractivity contribution is 7.89. The lowest BCUT2D eigenvalue weighted by Crippen LogP contribution is -2.45. The number of alkyl halides is 2. The Labute approximate surface area is 157 Å². The second-order valence-corrected chi connectivity index (χ2v) is 7.78. The van der Waals surface area contributed by atoms with Crippen molar-refractivity contribution in [1.82, 2.24) is 10.6 Å². The number of benzene rings is 1. The number of ether oxygens (including phenoxy) is 1. The predicted octanol–water partition coefficient (Wildman–Crippen LogP) is 0.710. The summed E-state index contributed by atoms with van der Waals surface area (Å²) in [6.45, 7) is 0.920. The van der Waals surface area contributed by atoms with Gasteiger partial charge in [-0.25, -0.2) is 13.6 Å². The van der Waals surface area contributed by atoms with E-state index in [9.17, 15) is 17.2 Å². The van der Waals surface area contributed by atoms with E-state index >= 15 is 0 Å². The molecule has 4 N–H and O–H groups in total. The van der Waals surface area contributed by atoms with E-state index in [1.165, 1.54) is 6.07 Å². The number of halogens is 2. The summed E-state index contributed by atoms with van der Waals surface area (Å²) in [6, 6.07) is 6.70. The average Bonchev–Trinajstić information content (AvgIpc) is 3.02. The van der Waals surface area contributed by atoms with Gasteiger partial charge in [0.05, 0.1) is 18.0 Å². The second kappa shape index (κ2) is 9.70. The van der Waals surface area contributed by atoms with Gasteiger partial charge in [0.1, 0.15) is 5.75 Å². The topological polar surface area (TPSA) is 109 Å². The molecule has 1 aromatic carbocycles. The van der Waals surface area contributed by atoms with Gasteiger partial charge in [-0.05, 0) is 25.5 Å². The van der Waals surface area contributed by atoms with Gasteiger partial charge in [-0.15, -0.1) is 0 Å². The lowest BCUT2D eigenvalue weighted by Gasteiger charge is -2.22. The van der Waals surface area contributed by atoms with E-state index in [4.69, 9.17) is 5.14 Å². The van der Waals surface area contributed by atoms with E-state index in [1.54, 1.807) is 18.2 Å². The molecule has 0 saturated carbocycles. The van der Waals surface area contributed by atoms with Crippen molar-refractivity contribution in [3.63, 3.8) is 0 Å². The van der Waals surface area contributed by atoms with Crippen LogP contribution in [-0.4, -0.2) is 59.0 Å². The van der Waals surface area contributed by atoms with Crippen LogP contribution in [-0.2, 0) is 10.0 Å². The number of anilines is 1. The molecular formula is C16H25F2N5O3S. The molecule has 1 heterocycles. The number of guanidine groups is 1. The molecule has 1 aliphatic heterocycles. The SMILES string of the molecule is CCNC(=NCCS(N)(=O)=O)NC1CCN(c2ccccc2OC(F)F)C1. The number of hydrogen-bond donors (Lipinski definition) is 3. The van der Waals surface area contributed by atoms with Crippen molar-refractivity contribution >= 4 is 21.7 Å². The summed E-state index contributed by atoms with van der Waals surface area (Å²) >= 11 is 0.